The lowest BCUT2D eigenvalue weighted by atomic mass is 10.0. The van der Waals surface area contributed by atoms with Crippen molar-refractivity contribution in [2.45, 2.75) is 46.6 Å². The van der Waals surface area contributed by atoms with E-state index in [2.05, 4.69) is 33.2 Å². The van der Waals surface area contributed by atoms with Crippen molar-refractivity contribution >= 4 is 38.4 Å². The van der Waals surface area contributed by atoms with Crippen molar-refractivity contribution < 1.29 is 29.5 Å². The molecule has 0 amide bonds. The minimum Gasteiger partial charge on any atom is -0.497 e. The summed E-state index contributed by atoms with van der Waals surface area (Å²) in [6.07, 6.45) is 2.68. The van der Waals surface area contributed by atoms with Gasteiger partial charge in [-0.05, 0) is 61.7 Å². The van der Waals surface area contributed by atoms with Gasteiger partial charge in [-0.1, -0.05) is 42.5 Å². The number of hydrogen-bond acceptors (Lipinski definition) is 8. The van der Waals surface area contributed by atoms with Crippen molar-refractivity contribution in [1.82, 2.24) is 14.1 Å². The molecule has 3 aromatic heterocycles. The van der Waals surface area contributed by atoms with Crippen molar-refractivity contribution in [2.24, 2.45) is 4.99 Å². The van der Waals surface area contributed by atoms with E-state index in [0.29, 0.717) is 35.9 Å². The van der Waals surface area contributed by atoms with Gasteiger partial charge >= 0.3 is 0 Å². The molecule has 0 aliphatic carbocycles. The van der Waals surface area contributed by atoms with E-state index in [-0.39, 0.29) is 13.2 Å². The molecule has 4 heterocycles. The van der Waals surface area contributed by atoms with Crippen LogP contribution in [0.4, 0.5) is 0 Å². The molecule has 8 rings (SSSR count). The van der Waals surface area contributed by atoms with E-state index in [1.54, 1.807) is 14.2 Å². The predicted molar refractivity (Wildman–Crippen MR) is 202 cm³/mol. The lowest BCUT2D eigenvalue weighted by Crippen LogP contribution is -2.16. The van der Waals surface area contributed by atoms with Crippen LogP contribution in [0.15, 0.2) is 90.1 Å². The first-order valence-electron chi connectivity index (χ1n) is 17.3. The van der Waals surface area contributed by atoms with Crippen LogP contribution in [0.1, 0.15) is 46.1 Å². The van der Waals surface area contributed by atoms with E-state index in [9.17, 15) is 10.2 Å². The van der Waals surface area contributed by atoms with E-state index < -0.39 is 0 Å². The molecule has 10 heteroatoms. The molecule has 0 atom stereocenters. The maximum absolute atomic E-state index is 10.5. The number of pyridine rings is 1. The molecule has 1 aliphatic rings. The van der Waals surface area contributed by atoms with Gasteiger partial charge in [0.1, 0.15) is 5.75 Å². The standard InChI is InChI=1S/C42H40N4O6/c1-25-39-34(15-17-43-25)32-13-11-27(23-47)19-36(32)45(39)21-28-7-5-9-30(24-48)41(28)51-52-42-29(8-6-10-38(42)50-4)22-46-37-20-31(49-3)12-14-33(37)35-16-18-44-26(2)40(35)46/h5-15,17,19-20,47-48H,16,18,21-24H2,1-4H3. The maximum atomic E-state index is 10.5. The number of aryl methyl sites for hydroxylation is 1. The Morgan fingerprint density at radius 3 is 2.23 bits per heavy atom. The van der Waals surface area contributed by atoms with Crippen LogP contribution in [0.3, 0.4) is 0 Å². The molecule has 0 fully saturated rings. The molecular formula is C42H40N4O6. The maximum Gasteiger partial charge on any atom is 0.225 e. The number of para-hydroxylation sites is 2. The molecule has 0 spiro atoms. The first kappa shape index (κ1) is 33.3. The van der Waals surface area contributed by atoms with Crippen LogP contribution in [-0.4, -0.2) is 50.8 Å². The first-order chi connectivity index (χ1) is 25.4. The average molecular weight is 697 g/mol. The number of benzene rings is 4. The quantitative estimate of drug-likeness (QED) is 0.108. The van der Waals surface area contributed by atoms with Crippen LogP contribution < -0.4 is 19.2 Å². The van der Waals surface area contributed by atoms with Crippen LogP contribution in [0.5, 0.6) is 23.0 Å². The van der Waals surface area contributed by atoms with Gasteiger partial charge in [-0.2, -0.15) is 0 Å². The molecule has 7 aromatic rings. The molecule has 0 saturated heterocycles. The number of methoxy groups -OCH3 is 2. The van der Waals surface area contributed by atoms with Gasteiger partial charge in [0.25, 0.3) is 0 Å². The zero-order chi connectivity index (χ0) is 35.9. The van der Waals surface area contributed by atoms with Gasteiger partial charge < -0.3 is 28.8 Å². The van der Waals surface area contributed by atoms with Gasteiger partial charge in [0.2, 0.25) is 5.75 Å². The normalized spacial score (nSPS) is 12.7. The molecule has 0 unspecified atom stereocenters. The first-order valence-corrected chi connectivity index (χ1v) is 17.3. The Hall–Kier alpha value is -5.84. The minimum absolute atomic E-state index is 0.0698. The summed E-state index contributed by atoms with van der Waals surface area (Å²) in [5.41, 5.74) is 10.2. The lowest BCUT2D eigenvalue weighted by molar-refractivity contribution is -0.105. The van der Waals surface area contributed by atoms with Gasteiger partial charge in [-0.3, -0.25) is 19.8 Å². The van der Waals surface area contributed by atoms with E-state index in [1.807, 2.05) is 79.9 Å². The number of nitrogens with zero attached hydrogens (tertiary/aromatic N) is 4. The Morgan fingerprint density at radius 2 is 1.44 bits per heavy atom. The molecule has 10 nitrogen and oxygen atoms in total. The van der Waals surface area contributed by atoms with Crippen molar-refractivity contribution in [3.05, 3.63) is 124 Å². The van der Waals surface area contributed by atoms with Crippen molar-refractivity contribution in [3.63, 3.8) is 0 Å². The average Bonchev–Trinajstić information content (AvgIpc) is 3.66. The molecule has 0 radical (unpaired) electrons. The van der Waals surface area contributed by atoms with Crippen LogP contribution in [-0.2, 0) is 32.7 Å². The Bertz CT molecular complexity index is 2510. The van der Waals surface area contributed by atoms with E-state index in [1.165, 1.54) is 10.9 Å². The predicted octanol–water partition coefficient (Wildman–Crippen LogP) is 7.29. The molecular weight excluding hydrogens is 656 g/mol. The number of fused-ring (bicyclic) bond motifs is 6. The summed E-state index contributed by atoms with van der Waals surface area (Å²) in [4.78, 5) is 22.0. The second kappa shape index (κ2) is 13.7. The van der Waals surface area contributed by atoms with Crippen LogP contribution in [0.25, 0.3) is 32.7 Å². The second-order valence-electron chi connectivity index (χ2n) is 13.1. The summed E-state index contributed by atoms with van der Waals surface area (Å²) in [5, 5.41) is 23.8. The van der Waals surface area contributed by atoms with Gasteiger partial charge in [0.15, 0.2) is 11.5 Å². The number of rotatable bonds is 11. The highest BCUT2D eigenvalue weighted by molar-refractivity contribution is 6.09. The lowest BCUT2D eigenvalue weighted by Gasteiger charge is -2.20. The Labute approximate surface area is 301 Å². The summed E-state index contributed by atoms with van der Waals surface area (Å²) in [6, 6.07) is 25.7. The van der Waals surface area contributed by atoms with E-state index in [4.69, 9.17) is 24.2 Å². The number of aliphatic imine (C=N–C) groups is 1. The number of hydrogen-bond donors (Lipinski definition) is 2. The topological polar surface area (TPSA) is 112 Å². The van der Waals surface area contributed by atoms with Crippen molar-refractivity contribution in [2.75, 3.05) is 20.8 Å². The molecule has 0 saturated carbocycles. The smallest absolute Gasteiger partial charge is 0.225 e. The summed E-state index contributed by atoms with van der Waals surface area (Å²) < 4.78 is 15.9. The van der Waals surface area contributed by atoms with Gasteiger partial charge in [-0.25, -0.2) is 0 Å². The summed E-state index contributed by atoms with van der Waals surface area (Å²) in [6.45, 7) is 5.34. The number of aliphatic hydroxyl groups excluding tert-OH is 2. The monoisotopic (exact) mass is 696 g/mol. The molecule has 52 heavy (non-hydrogen) atoms. The fourth-order valence-corrected chi connectivity index (χ4v) is 7.66. The molecule has 0 bridgehead atoms. The Kier molecular flexibility index (Phi) is 8.78. The van der Waals surface area contributed by atoms with Gasteiger partial charge in [-0.15, -0.1) is 0 Å². The summed E-state index contributed by atoms with van der Waals surface area (Å²) in [5.74, 6) is 2.12. The Balaban J connectivity index is 1.20. The number of aliphatic hydroxyl groups is 2. The zero-order valence-electron chi connectivity index (χ0n) is 29.6. The zero-order valence-corrected chi connectivity index (χ0v) is 29.6. The van der Waals surface area contributed by atoms with Crippen LogP contribution in [0, 0.1) is 6.92 Å². The number of aromatic nitrogens is 3. The van der Waals surface area contributed by atoms with Crippen LogP contribution >= 0.6 is 0 Å². The van der Waals surface area contributed by atoms with Crippen molar-refractivity contribution in [3.8, 4) is 23.0 Å². The fourth-order valence-electron chi connectivity index (χ4n) is 7.66. The fraction of sp³-hybridized carbons (Fsp3) is 0.238. The third-order valence-corrected chi connectivity index (χ3v) is 10.1. The molecule has 264 valence electrons. The SMILES string of the molecule is COc1ccc2c3c(n(Cc4cccc(OC)c4OOc4c(CO)cccc4Cn4c5cc(CO)ccc5c5ccnc(C)c54)c2c1)C(C)=NCC3. The second-order valence-corrected chi connectivity index (χ2v) is 13.1. The third kappa shape index (κ3) is 5.60. The largest absolute Gasteiger partial charge is 0.497 e. The highest BCUT2D eigenvalue weighted by atomic mass is 17.2. The van der Waals surface area contributed by atoms with Crippen molar-refractivity contribution in [1.29, 1.82) is 0 Å². The van der Waals surface area contributed by atoms with Gasteiger partial charge in [0.05, 0.1) is 68.7 Å². The van der Waals surface area contributed by atoms with E-state index in [0.717, 1.165) is 79.8 Å². The minimum atomic E-state index is -0.254. The molecule has 1 aliphatic heterocycles. The highest BCUT2D eigenvalue weighted by Crippen LogP contribution is 2.39. The number of ether oxygens (including phenoxy) is 2. The van der Waals surface area contributed by atoms with Crippen LogP contribution in [0.2, 0.25) is 0 Å². The van der Waals surface area contributed by atoms with E-state index >= 15 is 0 Å². The summed E-state index contributed by atoms with van der Waals surface area (Å²) in [7, 11) is 3.28. The Morgan fingerprint density at radius 1 is 0.712 bits per heavy atom. The molecule has 2 N–H and O–H groups in total. The summed E-state index contributed by atoms with van der Waals surface area (Å²) >= 11 is 0. The van der Waals surface area contributed by atoms with Gasteiger partial charge in [0, 0.05) is 57.2 Å². The highest BCUT2D eigenvalue weighted by Gasteiger charge is 2.25. The third-order valence-electron chi connectivity index (χ3n) is 10.1. The molecule has 4 aromatic carbocycles.